The Hall–Kier alpha value is -0.570. The van der Waals surface area contributed by atoms with Crippen LogP contribution >= 0.6 is 0 Å². The van der Waals surface area contributed by atoms with Gasteiger partial charge in [-0.05, 0) is 39.2 Å². The van der Waals surface area contributed by atoms with E-state index in [-0.39, 0.29) is 17.5 Å². The summed E-state index contributed by atoms with van der Waals surface area (Å²) in [6.45, 7) is 9.46. The second-order valence-electron chi connectivity index (χ2n) is 5.20. The summed E-state index contributed by atoms with van der Waals surface area (Å²) in [6.07, 6.45) is 4.31. The van der Waals surface area contributed by atoms with E-state index in [0.29, 0.717) is 5.92 Å². The predicted molar refractivity (Wildman–Crippen MR) is 67.3 cm³/mol. The van der Waals surface area contributed by atoms with Gasteiger partial charge in [0.1, 0.15) is 0 Å². The summed E-state index contributed by atoms with van der Waals surface area (Å²) in [4.78, 5) is 12.1. The minimum atomic E-state index is -0.333. The van der Waals surface area contributed by atoms with E-state index in [9.17, 15) is 4.79 Å². The van der Waals surface area contributed by atoms with Crippen LogP contribution in [0.25, 0.3) is 0 Å². The van der Waals surface area contributed by atoms with Crippen LogP contribution < -0.4 is 10.6 Å². The SMILES string of the molecule is CCC(CC)C(C)NC(=O)C1(C)CCCN1. The molecular weight excluding hydrogens is 200 g/mol. The van der Waals surface area contributed by atoms with Gasteiger partial charge in [-0.1, -0.05) is 26.7 Å². The summed E-state index contributed by atoms with van der Waals surface area (Å²) in [5, 5.41) is 6.46. The van der Waals surface area contributed by atoms with Gasteiger partial charge in [-0.2, -0.15) is 0 Å². The highest BCUT2D eigenvalue weighted by atomic mass is 16.2. The summed E-state index contributed by atoms with van der Waals surface area (Å²) >= 11 is 0. The van der Waals surface area contributed by atoms with Crippen molar-refractivity contribution in [1.82, 2.24) is 10.6 Å². The lowest BCUT2D eigenvalue weighted by molar-refractivity contribution is -0.127. The van der Waals surface area contributed by atoms with Gasteiger partial charge in [0, 0.05) is 6.04 Å². The summed E-state index contributed by atoms with van der Waals surface area (Å²) in [6, 6.07) is 0.279. The number of hydrogen-bond acceptors (Lipinski definition) is 2. The molecule has 0 spiro atoms. The first-order chi connectivity index (χ1) is 7.53. The average Bonchev–Trinajstić information content (AvgIpc) is 2.68. The van der Waals surface area contributed by atoms with Gasteiger partial charge in [0.15, 0.2) is 0 Å². The van der Waals surface area contributed by atoms with Crippen molar-refractivity contribution in [2.24, 2.45) is 5.92 Å². The Labute approximate surface area is 99.4 Å². The number of rotatable bonds is 5. The molecule has 0 radical (unpaired) electrons. The standard InChI is InChI=1S/C13H26N2O/c1-5-11(6-2)10(3)15-12(16)13(4)8-7-9-14-13/h10-11,14H,5-9H2,1-4H3,(H,15,16). The van der Waals surface area contributed by atoms with Crippen molar-refractivity contribution in [2.75, 3.05) is 6.54 Å². The molecule has 0 aromatic rings. The van der Waals surface area contributed by atoms with Crippen LogP contribution in [-0.4, -0.2) is 24.0 Å². The molecule has 0 aliphatic carbocycles. The van der Waals surface area contributed by atoms with E-state index in [1.807, 2.05) is 6.92 Å². The summed E-state index contributed by atoms with van der Waals surface area (Å²) in [7, 11) is 0. The Kier molecular flexibility index (Phi) is 4.78. The Morgan fingerprint density at radius 3 is 2.50 bits per heavy atom. The summed E-state index contributed by atoms with van der Waals surface area (Å²) in [5.41, 5.74) is -0.333. The third-order valence-corrected chi connectivity index (χ3v) is 3.98. The molecule has 1 heterocycles. The topological polar surface area (TPSA) is 41.1 Å². The zero-order valence-corrected chi connectivity index (χ0v) is 11.1. The van der Waals surface area contributed by atoms with Crippen LogP contribution in [-0.2, 0) is 4.79 Å². The van der Waals surface area contributed by atoms with Gasteiger partial charge in [-0.25, -0.2) is 0 Å². The van der Waals surface area contributed by atoms with Gasteiger partial charge in [0.25, 0.3) is 0 Å². The molecule has 2 unspecified atom stereocenters. The fraction of sp³-hybridized carbons (Fsp3) is 0.923. The highest BCUT2D eigenvalue weighted by molar-refractivity contribution is 5.86. The molecule has 16 heavy (non-hydrogen) atoms. The van der Waals surface area contributed by atoms with Crippen LogP contribution in [0.15, 0.2) is 0 Å². The second-order valence-corrected chi connectivity index (χ2v) is 5.20. The highest BCUT2D eigenvalue weighted by Gasteiger charge is 2.36. The van der Waals surface area contributed by atoms with Gasteiger partial charge in [-0.3, -0.25) is 4.79 Å². The normalized spacial score (nSPS) is 27.1. The maximum Gasteiger partial charge on any atom is 0.240 e. The Bertz CT molecular complexity index is 230. The van der Waals surface area contributed by atoms with Crippen LogP contribution in [0.5, 0.6) is 0 Å². The molecule has 1 fully saturated rings. The maximum absolute atomic E-state index is 12.1. The van der Waals surface area contributed by atoms with Gasteiger partial charge >= 0.3 is 0 Å². The van der Waals surface area contributed by atoms with Crippen molar-refractivity contribution in [3.8, 4) is 0 Å². The van der Waals surface area contributed by atoms with E-state index in [4.69, 9.17) is 0 Å². The predicted octanol–water partition coefficient (Wildman–Crippen LogP) is 2.07. The van der Waals surface area contributed by atoms with Crippen LogP contribution in [0.1, 0.15) is 53.4 Å². The number of carbonyl (C=O) groups excluding carboxylic acids is 1. The Morgan fingerprint density at radius 2 is 2.06 bits per heavy atom. The first kappa shape index (κ1) is 13.5. The van der Waals surface area contributed by atoms with E-state index in [1.54, 1.807) is 0 Å². The third-order valence-electron chi connectivity index (χ3n) is 3.98. The van der Waals surface area contributed by atoms with Crippen molar-refractivity contribution in [1.29, 1.82) is 0 Å². The minimum Gasteiger partial charge on any atom is -0.352 e. The first-order valence-electron chi connectivity index (χ1n) is 6.59. The van der Waals surface area contributed by atoms with E-state index >= 15 is 0 Å². The van der Waals surface area contributed by atoms with E-state index in [1.165, 1.54) is 0 Å². The molecule has 1 aliphatic rings. The van der Waals surface area contributed by atoms with Crippen LogP contribution in [0, 0.1) is 5.92 Å². The third kappa shape index (κ3) is 2.97. The quantitative estimate of drug-likeness (QED) is 0.753. The first-order valence-corrected chi connectivity index (χ1v) is 6.59. The monoisotopic (exact) mass is 226 g/mol. The number of amides is 1. The molecule has 1 saturated heterocycles. The lowest BCUT2D eigenvalue weighted by Gasteiger charge is -2.29. The molecular formula is C13H26N2O. The van der Waals surface area contributed by atoms with Gasteiger partial charge < -0.3 is 10.6 Å². The molecule has 3 heteroatoms. The van der Waals surface area contributed by atoms with Gasteiger partial charge in [0.05, 0.1) is 5.54 Å². The van der Waals surface area contributed by atoms with Gasteiger partial charge in [-0.15, -0.1) is 0 Å². The molecule has 0 bridgehead atoms. The van der Waals surface area contributed by atoms with Crippen molar-refractivity contribution in [2.45, 2.75) is 65.0 Å². The van der Waals surface area contributed by atoms with Crippen LogP contribution in [0.2, 0.25) is 0 Å². The number of nitrogens with one attached hydrogen (secondary N) is 2. The minimum absolute atomic E-state index is 0.171. The maximum atomic E-state index is 12.1. The molecule has 3 nitrogen and oxygen atoms in total. The Morgan fingerprint density at radius 1 is 1.44 bits per heavy atom. The smallest absolute Gasteiger partial charge is 0.240 e. The molecule has 0 saturated carbocycles. The largest absolute Gasteiger partial charge is 0.352 e. The lowest BCUT2D eigenvalue weighted by Crippen LogP contribution is -2.54. The molecule has 2 N–H and O–H groups in total. The molecule has 1 aliphatic heterocycles. The fourth-order valence-corrected chi connectivity index (χ4v) is 2.57. The zero-order valence-electron chi connectivity index (χ0n) is 11.1. The van der Waals surface area contributed by atoms with Crippen LogP contribution in [0.4, 0.5) is 0 Å². The molecule has 0 aromatic heterocycles. The Balaban J connectivity index is 2.50. The molecule has 0 aromatic carbocycles. The van der Waals surface area contributed by atoms with Crippen molar-refractivity contribution in [3.05, 3.63) is 0 Å². The van der Waals surface area contributed by atoms with Gasteiger partial charge in [0.2, 0.25) is 5.91 Å². The molecule has 1 amide bonds. The molecule has 1 rings (SSSR count). The number of hydrogen-bond donors (Lipinski definition) is 2. The van der Waals surface area contributed by atoms with Crippen molar-refractivity contribution in [3.63, 3.8) is 0 Å². The molecule has 94 valence electrons. The van der Waals surface area contributed by atoms with E-state index in [0.717, 1.165) is 32.2 Å². The average molecular weight is 226 g/mol. The van der Waals surface area contributed by atoms with Crippen molar-refractivity contribution >= 4 is 5.91 Å². The number of carbonyl (C=O) groups is 1. The fourth-order valence-electron chi connectivity index (χ4n) is 2.57. The summed E-state index contributed by atoms with van der Waals surface area (Å²) in [5.74, 6) is 0.762. The molecule has 2 atom stereocenters. The summed E-state index contributed by atoms with van der Waals surface area (Å²) < 4.78 is 0. The van der Waals surface area contributed by atoms with Crippen LogP contribution in [0.3, 0.4) is 0 Å². The van der Waals surface area contributed by atoms with E-state index in [2.05, 4.69) is 31.4 Å². The lowest BCUT2D eigenvalue weighted by atomic mass is 9.93. The second kappa shape index (κ2) is 5.67. The van der Waals surface area contributed by atoms with E-state index < -0.39 is 0 Å². The van der Waals surface area contributed by atoms with Crippen molar-refractivity contribution < 1.29 is 4.79 Å². The highest BCUT2D eigenvalue weighted by Crippen LogP contribution is 2.20. The zero-order chi connectivity index (χ0) is 12.2.